The second-order valence-electron chi connectivity index (χ2n) is 4.12. The monoisotopic (exact) mass is 253 g/mol. The Morgan fingerprint density at radius 1 is 1.00 bits per heavy atom. The highest BCUT2D eigenvalue weighted by Gasteiger charge is 1.95. The van der Waals surface area contributed by atoms with E-state index >= 15 is 0 Å². The minimum absolute atomic E-state index is 0.596. The van der Waals surface area contributed by atoms with Gasteiger partial charge in [-0.25, -0.2) is 0 Å². The third-order valence-corrected chi connectivity index (χ3v) is 2.72. The van der Waals surface area contributed by atoms with Gasteiger partial charge in [0.25, 0.3) is 0 Å². The van der Waals surface area contributed by atoms with Gasteiger partial charge in [-0.05, 0) is 48.2 Å². The van der Waals surface area contributed by atoms with Crippen molar-refractivity contribution in [3.63, 3.8) is 0 Å². The van der Waals surface area contributed by atoms with Crippen molar-refractivity contribution in [1.82, 2.24) is 0 Å². The highest BCUT2D eigenvalue weighted by atomic mass is 16.5. The minimum atomic E-state index is 0.596. The van der Waals surface area contributed by atoms with E-state index in [1.54, 1.807) is 12.1 Å². The zero-order chi connectivity index (χ0) is 13.3. The molecule has 0 aliphatic heterocycles. The van der Waals surface area contributed by atoms with E-state index in [0.717, 1.165) is 18.6 Å². The predicted octanol–water partition coefficient (Wildman–Crippen LogP) is 4.64. The number of nitrogens with zero attached hydrogens (tertiary/aromatic N) is 3. The van der Waals surface area contributed by atoms with Crippen molar-refractivity contribution in [3.05, 3.63) is 70.6 Å². The van der Waals surface area contributed by atoms with Crippen molar-refractivity contribution in [1.29, 1.82) is 0 Å². The van der Waals surface area contributed by atoms with Crippen LogP contribution in [0.1, 0.15) is 12.0 Å². The molecule has 0 heterocycles. The maximum atomic E-state index is 8.30. The molecule has 4 nitrogen and oxygen atoms in total. The lowest BCUT2D eigenvalue weighted by atomic mass is 10.1. The van der Waals surface area contributed by atoms with Crippen LogP contribution in [-0.2, 0) is 6.42 Å². The molecule has 19 heavy (non-hydrogen) atoms. The van der Waals surface area contributed by atoms with E-state index in [2.05, 4.69) is 22.2 Å². The average molecular weight is 253 g/mol. The normalized spacial score (nSPS) is 9.68. The summed E-state index contributed by atoms with van der Waals surface area (Å²) in [6.45, 7) is 0.676. The van der Waals surface area contributed by atoms with Crippen molar-refractivity contribution >= 4 is 5.69 Å². The third kappa shape index (κ3) is 4.37. The van der Waals surface area contributed by atoms with E-state index in [9.17, 15) is 0 Å². The summed E-state index contributed by atoms with van der Waals surface area (Å²) in [7, 11) is 0. The fraction of sp³-hybridized carbons (Fsp3) is 0.200. The first kappa shape index (κ1) is 13.0. The summed E-state index contributed by atoms with van der Waals surface area (Å²) in [5.74, 6) is 0.796. The predicted molar refractivity (Wildman–Crippen MR) is 75.5 cm³/mol. The second-order valence-corrected chi connectivity index (χ2v) is 4.12. The molecule has 0 N–H and O–H groups in total. The quantitative estimate of drug-likeness (QED) is 0.320. The molecular formula is C15H15N3O. The molecule has 96 valence electrons. The molecule has 0 spiro atoms. The number of aryl methyl sites for hydroxylation is 1. The van der Waals surface area contributed by atoms with E-state index in [0.29, 0.717) is 12.3 Å². The molecule has 0 radical (unpaired) electrons. The molecule has 0 saturated carbocycles. The van der Waals surface area contributed by atoms with Crippen molar-refractivity contribution in [2.24, 2.45) is 5.11 Å². The Bertz CT molecular complexity index is 545. The van der Waals surface area contributed by atoms with Crippen LogP contribution in [-0.4, -0.2) is 6.61 Å². The summed E-state index contributed by atoms with van der Waals surface area (Å²) < 4.78 is 5.63. The van der Waals surface area contributed by atoms with Gasteiger partial charge in [0.05, 0.1) is 6.61 Å². The SMILES string of the molecule is [N-]=[N+]=Nc1ccc(OCCCc2ccccc2)cc1. The number of ether oxygens (including phenoxy) is 1. The highest BCUT2D eigenvalue weighted by molar-refractivity contribution is 5.40. The van der Waals surface area contributed by atoms with Gasteiger partial charge in [0, 0.05) is 10.6 Å². The Morgan fingerprint density at radius 3 is 2.42 bits per heavy atom. The summed E-state index contributed by atoms with van der Waals surface area (Å²) in [6.07, 6.45) is 1.99. The number of hydrogen-bond acceptors (Lipinski definition) is 2. The Hall–Kier alpha value is -2.45. The van der Waals surface area contributed by atoms with Crippen LogP contribution < -0.4 is 4.74 Å². The van der Waals surface area contributed by atoms with Gasteiger partial charge in [0.15, 0.2) is 0 Å². The largest absolute Gasteiger partial charge is 0.494 e. The molecule has 0 bridgehead atoms. The van der Waals surface area contributed by atoms with Crippen LogP contribution in [0.5, 0.6) is 5.75 Å². The lowest BCUT2D eigenvalue weighted by Gasteiger charge is -2.06. The molecule has 2 rings (SSSR count). The Kier molecular flexibility index (Phi) is 4.85. The molecule has 0 aliphatic rings. The Labute approximate surface area is 112 Å². The molecule has 0 amide bonds. The molecule has 0 aliphatic carbocycles. The number of benzene rings is 2. The van der Waals surface area contributed by atoms with E-state index in [-0.39, 0.29) is 0 Å². The zero-order valence-electron chi connectivity index (χ0n) is 10.6. The zero-order valence-corrected chi connectivity index (χ0v) is 10.6. The summed E-state index contributed by atoms with van der Waals surface area (Å²) >= 11 is 0. The standard InChI is InChI=1S/C15H15N3O/c16-18-17-14-8-10-15(11-9-14)19-12-4-7-13-5-2-1-3-6-13/h1-3,5-6,8-11H,4,7,12H2. The van der Waals surface area contributed by atoms with E-state index in [1.165, 1.54) is 5.56 Å². The summed E-state index contributed by atoms with van der Waals surface area (Å²) in [4.78, 5) is 2.73. The molecule has 4 heteroatoms. The van der Waals surface area contributed by atoms with E-state index in [1.807, 2.05) is 30.3 Å². The van der Waals surface area contributed by atoms with Crippen molar-refractivity contribution in [2.75, 3.05) is 6.61 Å². The molecular weight excluding hydrogens is 238 g/mol. The third-order valence-electron chi connectivity index (χ3n) is 2.72. The molecule has 0 unspecified atom stereocenters. The number of hydrogen-bond donors (Lipinski definition) is 0. The van der Waals surface area contributed by atoms with Crippen LogP contribution in [0.4, 0.5) is 5.69 Å². The lowest BCUT2D eigenvalue weighted by Crippen LogP contribution is -1.99. The molecule has 2 aromatic carbocycles. The van der Waals surface area contributed by atoms with Crippen LogP contribution in [0, 0.1) is 0 Å². The second kappa shape index (κ2) is 7.09. The minimum Gasteiger partial charge on any atom is -0.494 e. The van der Waals surface area contributed by atoms with Gasteiger partial charge in [-0.15, -0.1) is 0 Å². The van der Waals surface area contributed by atoms with Crippen molar-refractivity contribution in [3.8, 4) is 5.75 Å². The number of azide groups is 1. The van der Waals surface area contributed by atoms with Gasteiger partial charge in [-0.2, -0.15) is 0 Å². The van der Waals surface area contributed by atoms with Gasteiger partial charge in [-0.3, -0.25) is 0 Å². The summed E-state index contributed by atoms with van der Waals surface area (Å²) in [5.41, 5.74) is 10.2. The van der Waals surface area contributed by atoms with Crippen molar-refractivity contribution in [2.45, 2.75) is 12.8 Å². The molecule has 0 saturated heterocycles. The van der Waals surface area contributed by atoms with E-state index in [4.69, 9.17) is 10.3 Å². The molecule has 0 fully saturated rings. The highest BCUT2D eigenvalue weighted by Crippen LogP contribution is 2.18. The van der Waals surface area contributed by atoms with Crippen LogP contribution in [0.3, 0.4) is 0 Å². The summed E-state index contributed by atoms with van der Waals surface area (Å²) in [5, 5.41) is 3.51. The molecule has 2 aromatic rings. The Morgan fingerprint density at radius 2 is 1.74 bits per heavy atom. The maximum absolute atomic E-state index is 8.30. The van der Waals surface area contributed by atoms with Crippen LogP contribution in [0.25, 0.3) is 10.4 Å². The topological polar surface area (TPSA) is 58.0 Å². The average Bonchev–Trinajstić information content (AvgIpc) is 2.47. The van der Waals surface area contributed by atoms with Crippen LogP contribution in [0.15, 0.2) is 59.7 Å². The first-order chi connectivity index (χ1) is 9.38. The molecule has 0 atom stereocenters. The first-order valence-corrected chi connectivity index (χ1v) is 6.20. The van der Waals surface area contributed by atoms with Crippen molar-refractivity contribution < 1.29 is 4.74 Å². The van der Waals surface area contributed by atoms with Gasteiger partial charge < -0.3 is 4.74 Å². The fourth-order valence-electron chi connectivity index (χ4n) is 1.77. The smallest absolute Gasteiger partial charge is 0.119 e. The van der Waals surface area contributed by atoms with Crippen LogP contribution >= 0.6 is 0 Å². The van der Waals surface area contributed by atoms with Gasteiger partial charge >= 0.3 is 0 Å². The van der Waals surface area contributed by atoms with Gasteiger partial charge in [-0.1, -0.05) is 35.4 Å². The maximum Gasteiger partial charge on any atom is 0.119 e. The van der Waals surface area contributed by atoms with E-state index < -0.39 is 0 Å². The Balaban J connectivity index is 1.75. The lowest BCUT2D eigenvalue weighted by molar-refractivity contribution is 0.311. The van der Waals surface area contributed by atoms with Crippen LogP contribution in [0.2, 0.25) is 0 Å². The molecule has 0 aromatic heterocycles. The van der Waals surface area contributed by atoms with Gasteiger partial charge in [0.1, 0.15) is 5.75 Å². The summed E-state index contributed by atoms with van der Waals surface area (Å²) in [6, 6.07) is 17.5. The first-order valence-electron chi connectivity index (χ1n) is 6.20. The number of rotatable bonds is 6. The van der Waals surface area contributed by atoms with Gasteiger partial charge in [0.2, 0.25) is 0 Å². The fourth-order valence-corrected chi connectivity index (χ4v) is 1.77.